The van der Waals surface area contributed by atoms with Crippen LogP contribution in [0.2, 0.25) is 0 Å². The van der Waals surface area contributed by atoms with Crippen molar-refractivity contribution < 1.29 is 33.6 Å². The van der Waals surface area contributed by atoms with Gasteiger partial charge in [0, 0.05) is 17.3 Å². The number of hydrogen-bond acceptors (Lipinski definition) is 9. The molecule has 1 saturated heterocycles. The second kappa shape index (κ2) is 14.4. The molecule has 3 N–H and O–H groups in total. The molecule has 6 rings (SSSR count). The van der Waals surface area contributed by atoms with Crippen LogP contribution in [0.4, 0.5) is 0 Å². The lowest BCUT2D eigenvalue weighted by Crippen LogP contribution is -2.54. The van der Waals surface area contributed by atoms with Gasteiger partial charge in [-0.25, -0.2) is 4.79 Å². The highest BCUT2D eigenvalue weighted by atomic mass is 16.6. The van der Waals surface area contributed by atoms with E-state index in [0.717, 1.165) is 16.7 Å². The molecule has 0 unspecified atom stereocenters. The lowest BCUT2D eigenvalue weighted by atomic mass is 9.79. The predicted octanol–water partition coefficient (Wildman–Crippen LogP) is 4.31. The van der Waals surface area contributed by atoms with E-state index < -0.39 is 35.6 Å². The highest BCUT2D eigenvalue weighted by Crippen LogP contribution is 2.43. The number of benzene rings is 4. The first kappa shape index (κ1) is 33.6. The third-order valence-corrected chi connectivity index (χ3v) is 8.63. The zero-order valence-corrected chi connectivity index (χ0v) is 27.2. The molecule has 1 aliphatic heterocycles. The van der Waals surface area contributed by atoms with Gasteiger partial charge in [0.1, 0.15) is 22.7 Å². The maximum atomic E-state index is 13.4. The summed E-state index contributed by atoms with van der Waals surface area (Å²) < 4.78 is 31.6. The second-order valence-electron chi connectivity index (χ2n) is 11.6. The minimum absolute atomic E-state index is 0.00233. The molecule has 0 bridgehead atoms. The average Bonchev–Trinajstić information content (AvgIpc) is 3.16. The number of carbonyl (C=O) groups excluding carboxylic acids is 1. The molecule has 0 aliphatic carbocycles. The number of ether oxygens (including phenoxy) is 5. The molecule has 5 aromatic rings. The van der Waals surface area contributed by atoms with Crippen molar-refractivity contribution in [3.63, 3.8) is 0 Å². The molecule has 4 aromatic carbocycles. The number of nitrogens with two attached hydrogens (primary N) is 1. The Bertz CT molecular complexity index is 1900. The van der Waals surface area contributed by atoms with E-state index in [9.17, 15) is 14.7 Å². The van der Waals surface area contributed by atoms with Gasteiger partial charge in [0.15, 0.2) is 6.23 Å². The van der Waals surface area contributed by atoms with E-state index in [2.05, 4.69) is 4.98 Å². The van der Waals surface area contributed by atoms with Crippen molar-refractivity contribution in [2.45, 2.75) is 17.4 Å². The van der Waals surface area contributed by atoms with E-state index in [1.165, 1.54) is 10.8 Å². The Kier molecular flexibility index (Phi) is 9.88. The maximum Gasteiger partial charge on any atom is 0.350 e. The molecule has 0 saturated carbocycles. The van der Waals surface area contributed by atoms with Gasteiger partial charge in [-0.1, -0.05) is 72.8 Å². The van der Waals surface area contributed by atoms with Gasteiger partial charge < -0.3 is 34.5 Å². The summed E-state index contributed by atoms with van der Waals surface area (Å²) in [4.78, 5) is 29.6. The van der Waals surface area contributed by atoms with Crippen molar-refractivity contribution in [2.75, 3.05) is 40.6 Å². The van der Waals surface area contributed by atoms with Crippen LogP contribution in [0.25, 0.3) is 11.3 Å². The van der Waals surface area contributed by atoms with Crippen LogP contribution in [0.3, 0.4) is 0 Å². The molecular weight excluding hydrogens is 626 g/mol. The molecule has 1 fully saturated rings. The van der Waals surface area contributed by atoms with E-state index in [1.807, 2.05) is 78.9 Å². The minimum atomic E-state index is -1.36. The third-order valence-electron chi connectivity index (χ3n) is 8.63. The summed E-state index contributed by atoms with van der Waals surface area (Å²) >= 11 is 0. The monoisotopic (exact) mass is 663 g/mol. The number of nitrogens with zero attached hydrogens (tertiary/aromatic N) is 2. The Balaban J connectivity index is 1.36. The van der Waals surface area contributed by atoms with E-state index >= 15 is 0 Å². The molecular formula is C38H37N3O8. The summed E-state index contributed by atoms with van der Waals surface area (Å²) in [6, 6.07) is 33.2. The van der Waals surface area contributed by atoms with Gasteiger partial charge in [-0.3, -0.25) is 9.36 Å². The molecule has 0 spiro atoms. The summed E-state index contributed by atoms with van der Waals surface area (Å²) in [7, 11) is 3.21. The fourth-order valence-corrected chi connectivity index (χ4v) is 6.06. The Morgan fingerprint density at radius 2 is 1.49 bits per heavy atom. The van der Waals surface area contributed by atoms with Crippen LogP contribution in [0, 0.1) is 0 Å². The molecule has 1 aromatic heterocycles. The number of primary amides is 1. The summed E-state index contributed by atoms with van der Waals surface area (Å²) in [6.45, 7) is -0.561. The van der Waals surface area contributed by atoms with Crippen molar-refractivity contribution in [1.29, 1.82) is 0 Å². The van der Waals surface area contributed by atoms with Crippen LogP contribution in [0.5, 0.6) is 11.5 Å². The Hall–Kier alpha value is -5.33. The van der Waals surface area contributed by atoms with E-state index in [1.54, 1.807) is 44.6 Å². The topological polar surface area (TPSA) is 144 Å². The summed E-state index contributed by atoms with van der Waals surface area (Å²) in [5, 5.41) is 10.8. The first-order chi connectivity index (χ1) is 23.8. The Labute approximate surface area is 283 Å². The molecule has 11 heteroatoms. The zero-order valence-electron chi connectivity index (χ0n) is 27.2. The summed E-state index contributed by atoms with van der Waals surface area (Å²) in [5.74, 6) is 0.735. The Morgan fingerprint density at radius 3 is 2.06 bits per heavy atom. The Morgan fingerprint density at radius 1 is 0.898 bits per heavy atom. The van der Waals surface area contributed by atoms with Gasteiger partial charge in [0.05, 0.1) is 46.3 Å². The largest absolute Gasteiger partial charge is 0.497 e. The van der Waals surface area contributed by atoms with Gasteiger partial charge in [-0.2, -0.15) is 4.98 Å². The molecule has 0 radical (unpaired) electrons. The molecule has 1 amide bonds. The number of hydrogen-bond donors (Lipinski definition) is 2. The lowest BCUT2D eigenvalue weighted by Gasteiger charge is -2.43. The van der Waals surface area contributed by atoms with Crippen LogP contribution >= 0.6 is 0 Å². The fourth-order valence-electron chi connectivity index (χ4n) is 6.06. The number of rotatable bonds is 12. The molecule has 1 aliphatic rings. The quantitative estimate of drug-likeness (QED) is 0.187. The van der Waals surface area contributed by atoms with Crippen LogP contribution in [-0.4, -0.2) is 66.8 Å². The molecule has 2 atom stereocenters. The first-order valence-electron chi connectivity index (χ1n) is 15.7. The lowest BCUT2D eigenvalue weighted by molar-refractivity contribution is -0.261. The number of carbonyl (C=O) groups is 1. The van der Waals surface area contributed by atoms with Gasteiger partial charge >= 0.3 is 5.69 Å². The zero-order chi connectivity index (χ0) is 34.4. The van der Waals surface area contributed by atoms with E-state index in [4.69, 9.17) is 29.4 Å². The number of aliphatic hydroxyl groups is 1. The normalized spacial score (nSPS) is 17.7. The van der Waals surface area contributed by atoms with Gasteiger partial charge in [-0.15, -0.1) is 0 Å². The smallest absolute Gasteiger partial charge is 0.350 e. The molecule has 11 nitrogen and oxygen atoms in total. The van der Waals surface area contributed by atoms with Crippen LogP contribution in [0.15, 0.2) is 120 Å². The van der Waals surface area contributed by atoms with Crippen LogP contribution < -0.4 is 20.9 Å². The standard InChI is InChI=1S/C38H37N3O8/c1-45-29-16-12-27(13-17-29)38(26-8-4-3-5-9-26,28-14-18-30(46-2)19-15-28)48-25-37(23-42)24-47-22-34(49-37)41-21-20-33(40-36(41)44)31-10-6-7-11-32(31)35(39)43/h3-21,34,42H,22-25H2,1-2H3,(H2,39,43)/t34-,37+/m1/s1. The first-order valence-corrected chi connectivity index (χ1v) is 15.7. The predicted molar refractivity (Wildman–Crippen MR) is 181 cm³/mol. The number of amides is 1. The summed E-state index contributed by atoms with van der Waals surface area (Å²) in [5.41, 5.74) is 5.79. The van der Waals surface area contributed by atoms with E-state index in [0.29, 0.717) is 17.1 Å². The minimum Gasteiger partial charge on any atom is -0.497 e. The van der Waals surface area contributed by atoms with Crippen molar-refractivity contribution in [2.24, 2.45) is 5.73 Å². The van der Waals surface area contributed by atoms with Crippen molar-refractivity contribution in [1.82, 2.24) is 9.55 Å². The molecule has 252 valence electrons. The van der Waals surface area contributed by atoms with Gasteiger partial charge in [0.25, 0.3) is 0 Å². The SMILES string of the molecule is COc1ccc(C(OC[C@]2(CO)COC[C@H](n3ccc(-c4ccccc4C(N)=O)nc3=O)O2)(c2ccccc2)c2ccc(OC)cc2)cc1. The number of methoxy groups -OCH3 is 2. The fraction of sp³-hybridized carbons (Fsp3) is 0.237. The van der Waals surface area contributed by atoms with Crippen molar-refractivity contribution >= 4 is 5.91 Å². The third kappa shape index (κ3) is 6.70. The maximum absolute atomic E-state index is 13.4. The second-order valence-corrected chi connectivity index (χ2v) is 11.6. The van der Waals surface area contributed by atoms with Crippen LogP contribution in [0.1, 0.15) is 33.3 Å². The van der Waals surface area contributed by atoms with Crippen molar-refractivity contribution in [3.8, 4) is 22.8 Å². The van der Waals surface area contributed by atoms with E-state index in [-0.39, 0.29) is 31.1 Å². The van der Waals surface area contributed by atoms with Gasteiger partial charge in [-0.05, 0) is 53.1 Å². The average molecular weight is 664 g/mol. The summed E-state index contributed by atoms with van der Waals surface area (Å²) in [6.07, 6.45) is 0.589. The number of aliphatic hydroxyl groups excluding tert-OH is 1. The highest BCUT2D eigenvalue weighted by molar-refractivity contribution is 5.99. The van der Waals surface area contributed by atoms with Gasteiger partial charge in [0.2, 0.25) is 5.91 Å². The number of aromatic nitrogens is 2. The van der Waals surface area contributed by atoms with Crippen molar-refractivity contribution in [3.05, 3.63) is 148 Å². The molecule has 2 heterocycles. The molecule has 49 heavy (non-hydrogen) atoms. The van der Waals surface area contributed by atoms with Crippen LogP contribution in [-0.2, 0) is 19.8 Å². The highest BCUT2D eigenvalue weighted by Gasteiger charge is 2.45.